The van der Waals surface area contributed by atoms with Crippen molar-refractivity contribution in [3.05, 3.63) is 24.2 Å². The zero-order valence-corrected chi connectivity index (χ0v) is 8.18. The standard InChI is InChI=1S/C11H17NO/c1-2-11(5-3-6-12-11)8-10-4-7-13-9-10/h4,7,9,12H,2-3,5-6,8H2,1H3. The first-order chi connectivity index (χ1) is 6.35. The van der Waals surface area contributed by atoms with Crippen LogP contribution in [-0.2, 0) is 6.42 Å². The average molecular weight is 179 g/mol. The van der Waals surface area contributed by atoms with Crippen molar-refractivity contribution in [2.75, 3.05) is 6.54 Å². The molecule has 1 aliphatic rings. The van der Waals surface area contributed by atoms with Crippen molar-refractivity contribution < 1.29 is 4.42 Å². The summed E-state index contributed by atoms with van der Waals surface area (Å²) >= 11 is 0. The SMILES string of the molecule is CCC1(Cc2ccoc2)CCCN1. The lowest BCUT2D eigenvalue weighted by molar-refractivity contribution is 0.358. The van der Waals surface area contributed by atoms with Gasteiger partial charge in [0.05, 0.1) is 12.5 Å². The van der Waals surface area contributed by atoms with Crippen LogP contribution < -0.4 is 5.32 Å². The van der Waals surface area contributed by atoms with Gasteiger partial charge in [0.1, 0.15) is 0 Å². The first-order valence-corrected chi connectivity index (χ1v) is 5.11. The molecule has 72 valence electrons. The fourth-order valence-electron chi connectivity index (χ4n) is 2.23. The lowest BCUT2D eigenvalue weighted by Crippen LogP contribution is -2.41. The number of rotatable bonds is 3. The quantitative estimate of drug-likeness (QED) is 0.770. The van der Waals surface area contributed by atoms with Gasteiger partial charge >= 0.3 is 0 Å². The summed E-state index contributed by atoms with van der Waals surface area (Å²) in [5, 5.41) is 3.62. The highest BCUT2D eigenvalue weighted by molar-refractivity contribution is 5.12. The molecule has 2 nitrogen and oxygen atoms in total. The van der Waals surface area contributed by atoms with E-state index in [4.69, 9.17) is 4.42 Å². The third-order valence-corrected chi connectivity index (χ3v) is 3.13. The van der Waals surface area contributed by atoms with E-state index in [1.807, 2.05) is 6.26 Å². The molecule has 0 radical (unpaired) electrons. The summed E-state index contributed by atoms with van der Waals surface area (Å²) in [6.45, 7) is 3.43. The molecule has 0 saturated carbocycles. The van der Waals surface area contributed by atoms with Crippen molar-refractivity contribution >= 4 is 0 Å². The largest absolute Gasteiger partial charge is 0.472 e. The maximum absolute atomic E-state index is 5.09. The van der Waals surface area contributed by atoms with E-state index >= 15 is 0 Å². The van der Waals surface area contributed by atoms with E-state index in [9.17, 15) is 0 Å². The number of furan rings is 1. The predicted octanol–water partition coefficient (Wildman–Crippen LogP) is 2.35. The topological polar surface area (TPSA) is 25.2 Å². The number of nitrogens with one attached hydrogen (secondary N) is 1. The Hall–Kier alpha value is -0.760. The molecule has 1 fully saturated rings. The van der Waals surface area contributed by atoms with E-state index in [0.717, 1.165) is 6.42 Å². The molecular formula is C11H17NO. The van der Waals surface area contributed by atoms with Crippen molar-refractivity contribution in [3.8, 4) is 0 Å². The van der Waals surface area contributed by atoms with Crippen LogP contribution in [0.3, 0.4) is 0 Å². The summed E-state index contributed by atoms with van der Waals surface area (Å²) in [5.74, 6) is 0. The molecule has 0 amide bonds. The molecule has 0 aromatic carbocycles. The first-order valence-electron chi connectivity index (χ1n) is 5.11. The highest BCUT2D eigenvalue weighted by atomic mass is 16.3. The van der Waals surface area contributed by atoms with Gasteiger partial charge in [0.15, 0.2) is 0 Å². The second-order valence-electron chi connectivity index (χ2n) is 3.97. The van der Waals surface area contributed by atoms with Gasteiger partial charge in [-0.15, -0.1) is 0 Å². The lowest BCUT2D eigenvalue weighted by atomic mass is 9.88. The minimum Gasteiger partial charge on any atom is -0.472 e. The van der Waals surface area contributed by atoms with Crippen LogP contribution in [0.15, 0.2) is 23.0 Å². The Morgan fingerprint density at radius 1 is 1.62 bits per heavy atom. The van der Waals surface area contributed by atoms with Crippen molar-refractivity contribution in [1.82, 2.24) is 5.32 Å². The summed E-state index contributed by atoms with van der Waals surface area (Å²) in [6.07, 6.45) is 8.55. The molecule has 1 unspecified atom stereocenters. The summed E-state index contributed by atoms with van der Waals surface area (Å²) in [6, 6.07) is 2.07. The van der Waals surface area contributed by atoms with Crippen LogP contribution in [0.2, 0.25) is 0 Å². The van der Waals surface area contributed by atoms with Crippen LogP contribution in [0.4, 0.5) is 0 Å². The Morgan fingerprint density at radius 2 is 2.54 bits per heavy atom. The molecule has 1 aliphatic heterocycles. The highest BCUT2D eigenvalue weighted by Crippen LogP contribution is 2.27. The number of hydrogen-bond acceptors (Lipinski definition) is 2. The third-order valence-electron chi connectivity index (χ3n) is 3.13. The lowest BCUT2D eigenvalue weighted by Gasteiger charge is -2.27. The summed E-state index contributed by atoms with van der Waals surface area (Å²) in [7, 11) is 0. The summed E-state index contributed by atoms with van der Waals surface area (Å²) in [5.41, 5.74) is 1.67. The summed E-state index contributed by atoms with van der Waals surface area (Å²) < 4.78 is 5.09. The molecule has 1 aromatic rings. The van der Waals surface area contributed by atoms with Crippen LogP contribution in [0.5, 0.6) is 0 Å². The van der Waals surface area contributed by atoms with Gasteiger partial charge in [0, 0.05) is 5.54 Å². The Bertz CT molecular complexity index is 247. The molecule has 0 aliphatic carbocycles. The zero-order valence-electron chi connectivity index (χ0n) is 8.18. The minimum atomic E-state index is 0.351. The normalized spacial score (nSPS) is 28.1. The van der Waals surface area contributed by atoms with E-state index in [-0.39, 0.29) is 0 Å². The van der Waals surface area contributed by atoms with E-state index in [1.54, 1.807) is 6.26 Å². The predicted molar refractivity (Wildman–Crippen MR) is 52.7 cm³/mol. The van der Waals surface area contributed by atoms with Crippen molar-refractivity contribution in [2.45, 2.75) is 38.1 Å². The second-order valence-corrected chi connectivity index (χ2v) is 3.97. The van der Waals surface area contributed by atoms with Crippen LogP contribution in [-0.4, -0.2) is 12.1 Å². The van der Waals surface area contributed by atoms with Gasteiger partial charge < -0.3 is 9.73 Å². The Labute approximate surface area is 79.3 Å². The first kappa shape index (κ1) is 8.82. The molecule has 0 bridgehead atoms. The van der Waals surface area contributed by atoms with Gasteiger partial charge in [-0.05, 0) is 43.9 Å². The van der Waals surface area contributed by atoms with Crippen LogP contribution >= 0.6 is 0 Å². The molecule has 1 saturated heterocycles. The Balaban J connectivity index is 2.06. The van der Waals surface area contributed by atoms with Crippen molar-refractivity contribution in [2.24, 2.45) is 0 Å². The zero-order chi connectivity index (χ0) is 9.15. The molecule has 2 heterocycles. The molecule has 13 heavy (non-hydrogen) atoms. The molecule has 1 N–H and O–H groups in total. The Kier molecular flexibility index (Phi) is 2.40. The van der Waals surface area contributed by atoms with Gasteiger partial charge in [0.2, 0.25) is 0 Å². The van der Waals surface area contributed by atoms with Crippen LogP contribution in [0.1, 0.15) is 31.7 Å². The molecule has 1 atom stereocenters. The molecular weight excluding hydrogens is 162 g/mol. The average Bonchev–Trinajstić information content (AvgIpc) is 2.77. The van der Waals surface area contributed by atoms with Gasteiger partial charge in [0.25, 0.3) is 0 Å². The molecule has 1 aromatic heterocycles. The molecule has 0 spiro atoms. The third kappa shape index (κ3) is 1.78. The van der Waals surface area contributed by atoms with Gasteiger partial charge in [-0.1, -0.05) is 6.92 Å². The smallest absolute Gasteiger partial charge is 0.0935 e. The second kappa shape index (κ2) is 3.54. The number of hydrogen-bond donors (Lipinski definition) is 1. The van der Waals surface area contributed by atoms with E-state index in [0.29, 0.717) is 5.54 Å². The molecule has 2 rings (SSSR count). The van der Waals surface area contributed by atoms with Gasteiger partial charge in [-0.3, -0.25) is 0 Å². The Morgan fingerprint density at radius 3 is 3.08 bits per heavy atom. The maximum atomic E-state index is 5.09. The van der Waals surface area contributed by atoms with Crippen molar-refractivity contribution in [1.29, 1.82) is 0 Å². The van der Waals surface area contributed by atoms with Gasteiger partial charge in [-0.2, -0.15) is 0 Å². The van der Waals surface area contributed by atoms with E-state index in [1.165, 1.54) is 31.4 Å². The van der Waals surface area contributed by atoms with Crippen LogP contribution in [0.25, 0.3) is 0 Å². The fraction of sp³-hybridized carbons (Fsp3) is 0.636. The maximum Gasteiger partial charge on any atom is 0.0935 e. The summed E-state index contributed by atoms with van der Waals surface area (Å²) in [4.78, 5) is 0. The van der Waals surface area contributed by atoms with Crippen molar-refractivity contribution in [3.63, 3.8) is 0 Å². The van der Waals surface area contributed by atoms with Crippen LogP contribution in [0, 0.1) is 0 Å². The van der Waals surface area contributed by atoms with E-state index in [2.05, 4.69) is 18.3 Å². The fourth-order valence-corrected chi connectivity index (χ4v) is 2.23. The molecule has 2 heteroatoms. The van der Waals surface area contributed by atoms with Gasteiger partial charge in [-0.25, -0.2) is 0 Å². The van der Waals surface area contributed by atoms with E-state index < -0.39 is 0 Å². The monoisotopic (exact) mass is 179 g/mol. The minimum absolute atomic E-state index is 0.351. The highest BCUT2D eigenvalue weighted by Gasteiger charge is 2.31.